The molecule has 30 heavy (non-hydrogen) atoms. The number of hydrogen-bond acceptors (Lipinski definition) is 3. The van der Waals surface area contributed by atoms with Gasteiger partial charge in [0.25, 0.3) is 0 Å². The second kappa shape index (κ2) is 6.70. The molecule has 0 unspecified atom stereocenters. The van der Waals surface area contributed by atoms with Crippen LogP contribution in [0.2, 0.25) is 0 Å². The van der Waals surface area contributed by atoms with Crippen molar-refractivity contribution in [2.75, 3.05) is 6.61 Å². The molecule has 2 heterocycles. The van der Waals surface area contributed by atoms with E-state index in [4.69, 9.17) is 9.47 Å². The number of fused-ring (bicyclic) bond motifs is 7. The highest BCUT2D eigenvalue weighted by molar-refractivity contribution is 5.15. The molecule has 0 aromatic heterocycles. The summed E-state index contributed by atoms with van der Waals surface area (Å²) in [4.78, 5) is 0. The first-order valence-corrected chi connectivity index (χ1v) is 13.3. The Bertz CT molecular complexity index is 684. The summed E-state index contributed by atoms with van der Waals surface area (Å²) in [6.45, 7) is 10.9. The van der Waals surface area contributed by atoms with Crippen LogP contribution in [0, 0.1) is 52.3 Å². The van der Waals surface area contributed by atoms with Crippen LogP contribution < -0.4 is 0 Å². The molecule has 6 aliphatic rings. The number of rotatable bonds is 0. The van der Waals surface area contributed by atoms with Crippen molar-refractivity contribution < 1.29 is 14.6 Å². The van der Waals surface area contributed by atoms with Crippen molar-refractivity contribution in [1.29, 1.82) is 0 Å². The third-order valence-electron chi connectivity index (χ3n) is 11.9. The zero-order valence-corrected chi connectivity index (χ0v) is 19.7. The Labute approximate surface area is 183 Å². The van der Waals surface area contributed by atoms with Crippen LogP contribution in [0.3, 0.4) is 0 Å². The molecule has 3 heteroatoms. The van der Waals surface area contributed by atoms with Crippen LogP contribution >= 0.6 is 0 Å². The minimum absolute atomic E-state index is 0.0389. The van der Waals surface area contributed by atoms with E-state index in [2.05, 4.69) is 27.7 Å². The van der Waals surface area contributed by atoms with Crippen molar-refractivity contribution in [1.82, 2.24) is 0 Å². The van der Waals surface area contributed by atoms with Gasteiger partial charge in [0.1, 0.15) is 0 Å². The number of aliphatic hydroxyl groups is 1. The van der Waals surface area contributed by atoms with E-state index in [1.807, 2.05) is 0 Å². The van der Waals surface area contributed by atoms with Gasteiger partial charge in [-0.15, -0.1) is 0 Å². The predicted octanol–water partition coefficient (Wildman–Crippen LogP) is 5.79. The van der Waals surface area contributed by atoms with Gasteiger partial charge in [0.2, 0.25) is 0 Å². The molecule has 12 atom stereocenters. The van der Waals surface area contributed by atoms with Gasteiger partial charge in [-0.3, -0.25) is 0 Å². The largest absolute Gasteiger partial charge is 0.393 e. The van der Waals surface area contributed by atoms with Crippen LogP contribution in [-0.2, 0) is 9.47 Å². The highest BCUT2D eigenvalue weighted by atomic mass is 16.7. The van der Waals surface area contributed by atoms with Crippen molar-refractivity contribution in [3.8, 4) is 0 Å². The summed E-state index contributed by atoms with van der Waals surface area (Å²) in [5.41, 5.74) is 0.899. The van der Waals surface area contributed by atoms with Crippen LogP contribution in [0.1, 0.15) is 91.9 Å². The molecule has 4 aliphatic carbocycles. The maximum atomic E-state index is 10.3. The van der Waals surface area contributed by atoms with Crippen molar-refractivity contribution in [3.05, 3.63) is 0 Å². The molecular formula is C27H44O3. The zero-order valence-electron chi connectivity index (χ0n) is 19.7. The molecule has 0 radical (unpaired) electrons. The van der Waals surface area contributed by atoms with Crippen LogP contribution in [0.4, 0.5) is 0 Å². The Kier molecular flexibility index (Phi) is 4.58. The minimum atomic E-state index is -0.282. The van der Waals surface area contributed by atoms with Crippen LogP contribution in [0.15, 0.2) is 0 Å². The van der Waals surface area contributed by atoms with Crippen molar-refractivity contribution in [2.45, 2.75) is 110 Å². The summed E-state index contributed by atoms with van der Waals surface area (Å²) in [6, 6.07) is 0. The summed E-state index contributed by atoms with van der Waals surface area (Å²) in [6.07, 6.45) is 12.9. The van der Waals surface area contributed by atoms with Gasteiger partial charge < -0.3 is 14.6 Å². The first-order valence-electron chi connectivity index (χ1n) is 13.3. The van der Waals surface area contributed by atoms with Gasteiger partial charge in [-0.05, 0) is 104 Å². The van der Waals surface area contributed by atoms with Gasteiger partial charge in [-0.2, -0.15) is 0 Å². The normalized spacial score (nSPS) is 62.5. The Morgan fingerprint density at radius 1 is 0.833 bits per heavy atom. The van der Waals surface area contributed by atoms with E-state index >= 15 is 0 Å². The molecule has 170 valence electrons. The third-order valence-corrected chi connectivity index (χ3v) is 11.9. The molecule has 2 aliphatic heterocycles. The quantitative estimate of drug-likeness (QED) is 0.543. The lowest BCUT2D eigenvalue weighted by molar-refractivity contribution is -0.273. The summed E-state index contributed by atoms with van der Waals surface area (Å²) in [7, 11) is 0. The van der Waals surface area contributed by atoms with Crippen LogP contribution in [-0.4, -0.2) is 29.7 Å². The van der Waals surface area contributed by atoms with E-state index in [9.17, 15) is 5.11 Å². The lowest BCUT2D eigenvalue weighted by atomic mass is 9.44. The monoisotopic (exact) mass is 416 g/mol. The molecule has 0 amide bonds. The fourth-order valence-corrected chi connectivity index (χ4v) is 10.3. The summed E-state index contributed by atoms with van der Waals surface area (Å²) < 4.78 is 13.4. The van der Waals surface area contributed by atoms with Crippen molar-refractivity contribution in [3.63, 3.8) is 0 Å². The molecule has 6 rings (SSSR count). The molecule has 1 spiro atoms. The second-order valence-corrected chi connectivity index (χ2v) is 13.1. The summed E-state index contributed by atoms with van der Waals surface area (Å²) >= 11 is 0. The molecule has 1 N–H and O–H groups in total. The molecular weight excluding hydrogens is 372 g/mol. The number of ether oxygens (including phenoxy) is 2. The first kappa shape index (κ1) is 20.5. The molecule has 6 fully saturated rings. The second-order valence-electron chi connectivity index (χ2n) is 13.1. The Hall–Kier alpha value is -0.120. The predicted molar refractivity (Wildman–Crippen MR) is 118 cm³/mol. The highest BCUT2D eigenvalue weighted by Crippen LogP contribution is 2.71. The van der Waals surface area contributed by atoms with Gasteiger partial charge in [-0.25, -0.2) is 0 Å². The van der Waals surface area contributed by atoms with Crippen molar-refractivity contribution in [2.24, 2.45) is 52.3 Å². The molecule has 3 nitrogen and oxygen atoms in total. The highest BCUT2D eigenvalue weighted by Gasteiger charge is 2.69. The van der Waals surface area contributed by atoms with E-state index in [0.717, 1.165) is 49.5 Å². The van der Waals surface area contributed by atoms with E-state index in [-0.39, 0.29) is 11.9 Å². The van der Waals surface area contributed by atoms with Gasteiger partial charge >= 0.3 is 0 Å². The topological polar surface area (TPSA) is 38.7 Å². The Balaban J connectivity index is 1.26. The average molecular weight is 417 g/mol. The number of aliphatic hydroxyl groups excluding tert-OH is 1. The van der Waals surface area contributed by atoms with Gasteiger partial charge in [0, 0.05) is 12.3 Å². The maximum absolute atomic E-state index is 10.3. The first-order chi connectivity index (χ1) is 14.3. The summed E-state index contributed by atoms with van der Waals surface area (Å²) in [5, 5.41) is 10.3. The van der Waals surface area contributed by atoms with E-state index in [1.54, 1.807) is 0 Å². The Morgan fingerprint density at radius 2 is 1.63 bits per heavy atom. The van der Waals surface area contributed by atoms with Gasteiger partial charge in [-0.1, -0.05) is 27.7 Å². The summed E-state index contributed by atoms with van der Waals surface area (Å²) in [5.74, 6) is 4.93. The molecule has 4 saturated carbocycles. The average Bonchev–Trinajstić information content (AvgIpc) is 3.16. The number of hydrogen-bond donors (Lipinski definition) is 1. The minimum Gasteiger partial charge on any atom is -0.393 e. The van der Waals surface area contributed by atoms with E-state index in [1.165, 1.54) is 44.9 Å². The fourth-order valence-electron chi connectivity index (χ4n) is 10.3. The molecule has 2 saturated heterocycles. The maximum Gasteiger partial charge on any atom is 0.171 e. The fraction of sp³-hybridized carbons (Fsp3) is 1.00. The molecule has 0 aromatic carbocycles. The molecule has 0 bridgehead atoms. The SMILES string of the molecule is C[C@H]1CC[C@]2(OC1)O[C@@H]1C[C@@H]3[C@H]4CC[C@@H]5C[C@@H](O)CC[C@@]5(C)[C@@H]4CC[C@@]3(C)[C@@H]1[C@H]2C. The van der Waals surface area contributed by atoms with E-state index < -0.39 is 0 Å². The van der Waals surface area contributed by atoms with E-state index in [0.29, 0.717) is 34.7 Å². The van der Waals surface area contributed by atoms with Gasteiger partial charge in [0.05, 0.1) is 18.8 Å². The van der Waals surface area contributed by atoms with Crippen LogP contribution in [0.25, 0.3) is 0 Å². The lowest BCUT2D eigenvalue weighted by Crippen LogP contribution is -2.55. The third kappa shape index (κ3) is 2.61. The van der Waals surface area contributed by atoms with Gasteiger partial charge in [0.15, 0.2) is 5.79 Å². The lowest BCUT2D eigenvalue weighted by Gasteiger charge is -2.61. The van der Waals surface area contributed by atoms with Crippen LogP contribution in [0.5, 0.6) is 0 Å². The Morgan fingerprint density at radius 3 is 2.40 bits per heavy atom. The standard InChI is InChI=1S/C27H44O3/c1-16-7-12-27(29-15-16)17(2)24-23(30-27)14-22-20-6-5-18-13-19(28)8-10-25(18,3)21(20)9-11-26(22,24)4/h16-24,28H,5-15H2,1-4H3/t16-,17+,18+,19-,20-,21+,22+,23+,24+,25+,26+,27-/m0/s1. The smallest absolute Gasteiger partial charge is 0.171 e. The molecule has 0 aromatic rings. The van der Waals surface area contributed by atoms with Crippen molar-refractivity contribution >= 4 is 0 Å². The zero-order chi connectivity index (χ0) is 20.9.